The number of anilines is 2. The van der Waals surface area contributed by atoms with Crippen LogP contribution < -0.4 is 15.5 Å². The molecule has 0 saturated carbocycles. The van der Waals surface area contributed by atoms with Gasteiger partial charge in [0.2, 0.25) is 5.91 Å². The molecule has 0 radical (unpaired) electrons. The molecule has 34 heavy (non-hydrogen) atoms. The fourth-order valence-corrected chi connectivity index (χ4v) is 4.40. The summed E-state index contributed by atoms with van der Waals surface area (Å²) in [6.07, 6.45) is 1.70. The maximum absolute atomic E-state index is 12.7. The number of carbonyl (C=O) groups is 1. The molecule has 0 aliphatic carbocycles. The number of carbonyl (C=O) groups excluding carboxylic acids is 1. The number of amides is 1. The Morgan fingerprint density at radius 2 is 1.76 bits per heavy atom. The molecule has 3 N–H and O–H groups in total. The number of morpholine rings is 1. The van der Waals surface area contributed by atoms with Crippen molar-refractivity contribution in [2.24, 2.45) is 5.92 Å². The molecule has 2 fully saturated rings. The predicted molar refractivity (Wildman–Crippen MR) is 132 cm³/mol. The molecule has 0 spiro atoms. The van der Waals surface area contributed by atoms with Gasteiger partial charge < -0.3 is 25.4 Å². The van der Waals surface area contributed by atoms with E-state index in [1.165, 1.54) is 0 Å². The average molecular weight is 460 g/mol. The Balaban J connectivity index is 1.47. The number of rotatable bonds is 5. The molecule has 0 bridgehead atoms. The number of ether oxygens (including phenoxy) is 1. The number of hydrogen-bond donors (Lipinski definition) is 3. The topological polar surface area (TPSA) is 99.6 Å². The van der Waals surface area contributed by atoms with E-state index in [4.69, 9.17) is 14.7 Å². The fourth-order valence-electron chi connectivity index (χ4n) is 4.40. The van der Waals surface area contributed by atoms with Crippen LogP contribution in [-0.2, 0) is 9.53 Å². The minimum Gasteiger partial charge on any atom is -0.508 e. The molecule has 3 heterocycles. The van der Waals surface area contributed by atoms with E-state index in [2.05, 4.69) is 15.5 Å². The molecule has 2 saturated heterocycles. The van der Waals surface area contributed by atoms with Gasteiger partial charge in [-0.05, 0) is 50.2 Å². The van der Waals surface area contributed by atoms with Crippen LogP contribution in [0.1, 0.15) is 12.8 Å². The number of nitrogens with zero attached hydrogens (tertiary/aromatic N) is 3. The Labute approximate surface area is 199 Å². The van der Waals surface area contributed by atoms with Gasteiger partial charge in [0.25, 0.3) is 0 Å². The average Bonchev–Trinajstić information content (AvgIpc) is 2.89. The standard InChI is InChI=1S/C26H29N5O3/c32-22-6-2-3-19(16-22)23-17-24(31-11-13-34-14-12-31)30-25(29-23)20-4-1-5-21(15-20)28-26(33)18-7-9-27-10-8-18/h1-6,15-18,27,32H,7-14H2,(H,28,33). The molecule has 1 amide bonds. The number of hydrogen-bond acceptors (Lipinski definition) is 7. The van der Waals surface area contributed by atoms with Crippen LogP contribution in [-0.4, -0.2) is 60.4 Å². The second-order valence-corrected chi connectivity index (χ2v) is 8.68. The zero-order chi connectivity index (χ0) is 23.3. The second-order valence-electron chi connectivity index (χ2n) is 8.68. The third kappa shape index (κ3) is 5.18. The Morgan fingerprint density at radius 3 is 2.56 bits per heavy atom. The van der Waals surface area contributed by atoms with Gasteiger partial charge in [-0.1, -0.05) is 24.3 Å². The van der Waals surface area contributed by atoms with Crippen LogP contribution >= 0.6 is 0 Å². The first kappa shape index (κ1) is 22.3. The third-order valence-corrected chi connectivity index (χ3v) is 6.29. The van der Waals surface area contributed by atoms with Crippen molar-refractivity contribution in [3.63, 3.8) is 0 Å². The highest BCUT2D eigenvalue weighted by Crippen LogP contribution is 2.29. The molecule has 8 heteroatoms. The van der Waals surface area contributed by atoms with Crippen LogP contribution in [0, 0.1) is 5.92 Å². The SMILES string of the molecule is O=C(Nc1cccc(-c2nc(-c3cccc(O)c3)cc(N3CCOCC3)n2)c1)C1CCNCC1. The van der Waals surface area contributed by atoms with Crippen LogP contribution in [0.5, 0.6) is 5.75 Å². The van der Waals surface area contributed by atoms with Crippen molar-refractivity contribution < 1.29 is 14.6 Å². The van der Waals surface area contributed by atoms with Crippen molar-refractivity contribution in [3.8, 4) is 28.4 Å². The number of nitrogens with one attached hydrogen (secondary N) is 2. The molecule has 5 rings (SSSR count). The lowest BCUT2D eigenvalue weighted by molar-refractivity contribution is -0.120. The molecule has 176 valence electrons. The first-order valence-electron chi connectivity index (χ1n) is 11.8. The van der Waals surface area contributed by atoms with E-state index in [0.29, 0.717) is 19.0 Å². The summed E-state index contributed by atoms with van der Waals surface area (Å²) >= 11 is 0. The number of piperidine rings is 1. The molecule has 2 aliphatic rings. The van der Waals surface area contributed by atoms with Crippen molar-refractivity contribution in [2.75, 3.05) is 49.6 Å². The Hall–Kier alpha value is -3.49. The summed E-state index contributed by atoms with van der Waals surface area (Å²) in [4.78, 5) is 24.6. The highest BCUT2D eigenvalue weighted by atomic mass is 16.5. The van der Waals surface area contributed by atoms with E-state index >= 15 is 0 Å². The summed E-state index contributed by atoms with van der Waals surface area (Å²) in [6.45, 7) is 4.55. The summed E-state index contributed by atoms with van der Waals surface area (Å²) < 4.78 is 5.51. The summed E-state index contributed by atoms with van der Waals surface area (Å²) in [5.41, 5.74) is 3.10. The van der Waals surface area contributed by atoms with Gasteiger partial charge in [0.1, 0.15) is 11.6 Å². The van der Waals surface area contributed by atoms with Gasteiger partial charge in [0.05, 0.1) is 18.9 Å². The predicted octanol–water partition coefficient (Wildman–Crippen LogP) is 3.29. The lowest BCUT2D eigenvalue weighted by Crippen LogP contribution is -2.36. The molecule has 1 aromatic heterocycles. The van der Waals surface area contributed by atoms with E-state index in [0.717, 1.165) is 67.3 Å². The molecule has 2 aliphatic heterocycles. The largest absolute Gasteiger partial charge is 0.508 e. The van der Waals surface area contributed by atoms with Crippen molar-refractivity contribution in [2.45, 2.75) is 12.8 Å². The van der Waals surface area contributed by atoms with Crippen molar-refractivity contribution >= 4 is 17.4 Å². The molecule has 0 unspecified atom stereocenters. The summed E-state index contributed by atoms with van der Waals surface area (Å²) in [5, 5.41) is 16.4. The zero-order valence-electron chi connectivity index (χ0n) is 19.0. The number of benzene rings is 2. The van der Waals surface area contributed by atoms with Crippen LogP contribution in [0.4, 0.5) is 11.5 Å². The highest BCUT2D eigenvalue weighted by Gasteiger charge is 2.21. The Morgan fingerprint density at radius 1 is 1.00 bits per heavy atom. The van der Waals surface area contributed by atoms with E-state index < -0.39 is 0 Å². The van der Waals surface area contributed by atoms with Crippen LogP contribution in [0.15, 0.2) is 54.6 Å². The lowest BCUT2D eigenvalue weighted by Gasteiger charge is -2.28. The fraction of sp³-hybridized carbons (Fsp3) is 0.346. The molecule has 8 nitrogen and oxygen atoms in total. The van der Waals surface area contributed by atoms with Crippen LogP contribution in [0.25, 0.3) is 22.6 Å². The van der Waals surface area contributed by atoms with Gasteiger partial charge in [-0.25, -0.2) is 9.97 Å². The zero-order valence-corrected chi connectivity index (χ0v) is 19.0. The van der Waals surface area contributed by atoms with Crippen molar-refractivity contribution in [1.82, 2.24) is 15.3 Å². The lowest BCUT2D eigenvalue weighted by atomic mass is 9.97. The van der Waals surface area contributed by atoms with E-state index in [9.17, 15) is 9.90 Å². The summed E-state index contributed by atoms with van der Waals surface area (Å²) in [5.74, 6) is 1.66. The van der Waals surface area contributed by atoms with Gasteiger partial charge >= 0.3 is 0 Å². The van der Waals surface area contributed by atoms with E-state index in [1.54, 1.807) is 18.2 Å². The monoisotopic (exact) mass is 459 g/mol. The second kappa shape index (κ2) is 10.2. The van der Waals surface area contributed by atoms with Crippen LogP contribution in [0.2, 0.25) is 0 Å². The molecule has 3 aromatic rings. The van der Waals surface area contributed by atoms with Crippen molar-refractivity contribution in [3.05, 3.63) is 54.6 Å². The van der Waals surface area contributed by atoms with E-state index in [-0.39, 0.29) is 17.6 Å². The third-order valence-electron chi connectivity index (χ3n) is 6.29. The Kier molecular flexibility index (Phi) is 6.69. The smallest absolute Gasteiger partial charge is 0.227 e. The summed E-state index contributed by atoms with van der Waals surface area (Å²) in [6, 6.07) is 16.7. The quantitative estimate of drug-likeness (QED) is 0.538. The minimum absolute atomic E-state index is 0.0307. The number of aromatic hydroxyl groups is 1. The first-order valence-corrected chi connectivity index (χ1v) is 11.8. The minimum atomic E-state index is 0.0307. The summed E-state index contributed by atoms with van der Waals surface area (Å²) in [7, 11) is 0. The van der Waals surface area contributed by atoms with Gasteiger partial charge in [0, 0.05) is 41.9 Å². The maximum atomic E-state index is 12.7. The number of phenols is 1. The van der Waals surface area contributed by atoms with Gasteiger partial charge in [0.15, 0.2) is 5.82 Å². The number of phenolic OH excluding ortho intramolecular Hbond substituents is 1. The van der Waals surface area contributed by atoms with Crippen LogP contribution in [0.3, 0.4) is 0 Å². The normalized spacial score (nSPS) is 16.9. The van der Waals surface area contributed by atoms with E-state index in [1.807, 2.05) is 36.4 Å². The highest BCUT2D eigenvalue weighted by molar-refractivity contribution is 5.93. The number of aromatic nitrogens is 2. The van der Waals surface area contributed by atoms with Gasteiger partial charge in [-0.15, -0.1) is 0 Å². The molecular formula is C26H29N5O3. The first-order chi connectivity index (χ1) is 16.7. The molecule has 2 aromatic carbocycles. The van der Waals surface area contributed by atoms with Crippen molar-refractivity contribution in [1.29, 1.82) is 0 Å². The van der Waals surface area contributed by atoms with Gasteiger partial charge in [-0.2, -0.15) is 0 Å². The van der Waals surface area contributed by atoms with Gasteiger partial charge in [-0.3, -0.25) is 4.79 Å². The maximum Gasteiger partial charge on any atom is 0.227 e. The molecular weight excluding hydrogens is 430 g/mol. The Bertz CT molecular complexity index is 1160. The molecule has 0 atom stereocenters.